The second kappa shape index (κ2) is 10.6. The fourth-order valence-electron chi connectivity index (χ4n) is 5.02. The highest BCUT2D eigenvalue weighted by Gasteiger charge is 2.41. The number of rotatable bonds is 7. The van der Waals surface area contributed by atoms with Crippen molar-refractivity contribution in [3.63, 3.8) is 0 Å². The molecule has 0 aromatic carbocycles. The van der Waals surface area contributed by atoms with E-state index >= 15 is 0 Å². The Morgan fingerprint density at radius 2 is 1.87 bits per heavy atom. The van der Waals surface area contributed by atoms with Crippen molar-refractivity contribution in [2.45, 2.75) is 12.3 Å². The zero-order valence-corrected chi connectivity index (χ0v) is 24.9. The lowest BCUT2D eigenvalue weighted by molar-refractivity contribution is 0.0904. The maximum Gasteiger partial charge on any atom is 0.267 e. The van der Waals surface area contributed by atoms with Gasteiger partial charge in [0.05, 0.1) is 21.0 Å². The van der Waals surface area contributed by atoms with E-state index in [9.17, 15) is 9.59 Å². The molecule has 0 unspecified atom stereocenters. The van der Waals surface area contributed by atoms with Gasteiger partial charge in [0.2, 0.25) is 0 Å². The Balaban J connectivity index is 1.44. The van der Waals surface area contributed by atoms with E-state index in [4.69, 9.17) is 11.5 Å². The Hall–Kier alpha value is -3.04. The summed E-state index contributed by atoms with van der Waals surface area (Å²) in [7, 11) is 1.81. The van der Waals surface area contributed by atoms with Gasteiger partial charge in [0.1, 0.15) is 11.4 Å². The monoisotopic (exact) mass is 710 g/mol. The third-order valence-corrected chi connectivity index (χ3v) is 9.39. The third-order valence-electron chi connectivity index (χ3n) is 6.84. The standard InChI is InChI=1S/C23H25Br3N10O2/c1-36-16(4-12(25)19(36)26)21(38)30-5-9-2-13-18(35-23(28)33-13)17(15-8-32-22(27)34-15)11(9)7-31-20(37)14-3-10(24)6-29-14/h3-4,6,8-9,11,17,29H,2,5,7H2,1H3,(H,30,38)(H,31,37)(H3,27,32,34)(H3,28,33,35)/t9-,11-,17-/m0/s1. The van der Waals surface area contributed by atoms with Crippen LogP contribution in [-0.4, -0.2) is 54.4 Å². The molecular formula is C23H25Br3N10O2. The number of aromatic nitrogens is 6. The highest BCUT2D eigenvalue weighted by Crippen LogP contribution is 2.42. The number of carbonyl (C=O) groups is 2. The van der Waals surface area contributed by atoms with Crippen molar-refractivity contribution >= 4 is 71.5 Å². The van der Waals surface area contributed by atoms with Crippen LogP contribution in [0.25, 0.3) is 0 Å². The van der Waals surface area contributed by atoms with E-state index in [-0.39, 0.29) is 35.5 Å². The number of nitrogens with zero attached hydrogens (tertiary/aromatic N) is 3. The number of halogens is 3. The predicted molar refractivity (Wildman–Crippen MR) is 152 cm³/mol. The summed E-state index contributed by atoms with van der Waals surface area (Å²) in [5, 5.41) is 6.12. The van der Waals surface area contributed by atoms with Crippen molar-refractivity contribution in [3.05, 3.63) is 66.5 Å². The van der Waals surface area contributed by atoms with Gasteiger partial charge < -0.3 is 41.6 Å². The van der Waals surface area contributed by atoms with Crippen LogP contribution in [0.15, 0.2) is 38.1 Å². The van der Waals surface area contributed by atoms with Crippen LogP contribution < -0.4 is 22.1 Å². The largest absolute Gasteiger partial charge is 0.369 e. The quantitative estimate of drug-likeness (QED) is 0.154. The molecule has 0 saturated heterocycles. The molecule has 5 rings (SSSR count). The lowest BCUT2D eigenvalue weighted by atomic mass is 9.71. The molecule has 4 aromatic heterocycles. The van der Waals surface area contributed by atoms with Gasteiger partial charge in [0, 0.05) is 48.1 Å². The summed E-state index contributed by atoms with van der Waals surface area (Å²) in [5.74, 6) is -0.423. The van der Waals surface area contributed by atoms with Crippen LogP contribution in [0, 0.1) is 11.8 Å². The van der Waals surface area contributed by atoms with Crippen LogP contribution in [0.4, 0.5) is 11.9 Å². The summed E-state index contributed by atoms with van der Waals surface area (Å²) in [6.45, 7) is 0.666. The lowest BCUT2D eigenvalue weighted by Crippen LogP contribution is -2.44. The molecule has 0 radical (unpaired) electrons. The fraction of sp³-hybridized carbons (Fsp3) is 0.304. The molecule has 3 atom stereocenters. The minimum Gasteiger partial charge on any atom is -0.369 e. The molecule has 0 fully saturated rings. The number of imidazole rings is 2. The lowest BCUT2D eigenvalue weighted by Gasteiger charge is -2.37. The molecule has 2 amide bonds. The molecule has 4 aromatic rings. The molecule has 0 spiro atoms. The zero-order chi connectivity index (χ0) is 27.1. The highest BCUT2D eigenvalue weighted by atomic mass is 79.9. The Morgan fingerprint density at radius 3 is 2.50 bits per heavy atom. The first kappa shape index (κ1) is 26.6. The van der Waals surface area contributed by atoms with E-state index in [2.05, 4.69) is 83.3 Å². The molecule has 9 N–H and O–H groups in total. The number of hydrogen-bond acceptors (Lipinski definition) is 6. The molecule has 0 bridgehead atoms. The first-order valence-electron chi connectivity index (χ1n) is 11.7. The molecular weight excluding hydrogens is 688 g/mol. The van der Waals surface area contributed by atoms with Crippen molar-refractivity contribution in [2.24, 2.45) is 18.9 Å². The Labute approximate surface area is 242 Å². The summed E-state index contributed by atoms with van der Waals surface area (Å²) >= 11 is 10.3. The Kier molecular flexibility index (Phi) is 7.42. The van der Waals surface area contributed by atoms with Gasteiger partial charge in [-0.25, -0.2) is 9.97 Å². The number of H-pyrrole nitrogens is 3. The fourth-order valence-corrected chi connectivity index (χ4v) is 6.15. The van der Waals surface area contributed by atoms with Crippen molar-refractivity contribution in [1.82, 2.24) is 40.1 Å². The minimum absolute atomic E-state index is 0.0800. The topological polar surface area (TPSA) is 188 Å². The average molecular weight is 713 g/mol. The van der Waals surface area contributed by atoms with Crippen molar-refractivity contribution in [3.8, 4) is 0 Å². The molecule has 1 aliphatic carbocycles. The van der Waals surface area contributed by atoms with Crippen LogP contribution in [0.5, 0.6) is 0 Å². The van der Waals surface area contributed by atoms with Crippen molar-refractivity contribution < 1.29 is 9.59 Å². The second-order valence-corrected chi connectivity index (χ2v) is 11.7. The number of amides is 2. The number of nitrogens with two attached hydrogens (primary N) is 2. The Morgan fingerprint density at radius 1 is 1.11 bits per heavy atom. The van der Waals surface area contributed by atoms with Crippen LogP contribution in [0.3, 0.4) is 0 Å². The minimum atomic E-state index is -0.298. The molecule has 4 heterocycles. The molecule has 15 heteroatoms. The van der Waals surface area contributed by atoms with E-state index in [1.807, 2.05) is 0 Å². The molecule has 0 aliphatic heterocycles. The van der Waals surface area contributed by atoms with Gasteiger partial charge in [-0.05, 0) is 78.2 Å². The second-order valence-electron chi connectivity index (χ2n) is 9.19. The van der Waals surface area contributed by atoms with Crippen LogP contribution in [0.1, 0.15) is 44.0 Å². The molecule has 0 saturated carbocycles. The van der Waals surface area contributed by atoms with Gasteiger partial charge in [-0.15, -0.1) is 0 Å². The SMILES string of the molecule is Cn1c(C(=O)NC[C@@H]2Cc3[nH]c(N)nc3[C@H](c3cnc(N)[nH]3)[C@H]2CNC(=O)c2cc(Br)c[nH]2)cc(Br)c1Br. The van der Waals surface area contributed by atoms with Gasteiger partial charge in [0.15, 0.2) is 11.9 Å². The zero-order valence-electron chi connectivity index (χ0n) is 20.1. The average Bonchev–Trinajstić information content (AvgIpc) is 3.65. The first-order valence-corrected chi connectivity index (χ1v) is 14.1. The van der Waals surface area contributed by atoms with Crippen molar-refractivity contribution in [2.75, 3.05) is 24.6 Å². The summed E-state index contributed by atoms with van der Waals surface area (Å²) in [4.78, 5) is 44.0. The molecule has 38 heavy (non-hydrogen) atoms. The maximum absolute atomic E-state index is 13.1. The predicted octanol–water partition coefficient (Wildman–Crippen LogP) is 3.03. The smallest absolute Gasteiger partial charge is 0.267 e. The number of aromatic amines is 3. The summed E-state index contributed by atoms with van der Waals surface area (Å²) in [5.41, 5.74) is 15.3. The van der Waals surface area contributed by atoms with Gasteiger partial charge in [0.25, 0.3) is 11.8 Å². The first-order chi connectivity index (χ1) is 18.1. The molecule has 1 aliphatic rings. The van der Waals surface area contributed by atoms with E-state index in [1.165, 1.54) is 0 Å². The summed E-state index contributed by atoms with van der Waals surface area (Å²) in [6.07, 6.45) is 3.95. The molecule has 200 valence electrons. The van der Waals surface area contributed by atoms with Gasteiger partial charge >= 0.3 is 0 Å². The number of nitrogen functional groups attached to an aromatic ring is 2. The van der Waals surface area contributed by atoms with E-state index < -0.39 is 0 Å². The van der Waals surface area contributed by atoms with Gasteiger partial charge in [-0.1, -0.05) is 0 Å². The van der Waals surface area contributed by atoms with Gasteiger partial charge in [-0.2, -0.15) is 0 Å². The number of fused-ring (bicyclic) bond motifs is 1. The van der Waals surface area contributed by atoms with E-state index in [0.717, 1.165) is 30.6 Å². The maximum atomic E-state index is 13.1. The van der Waals surface area contributed by atoms with Crippen LogP contribution >= 0.6 is 47.8 Å². The Bertz CT molecular complexity index is 1500. The number of carbonyl (C=O) groups excluding carboxylic acids is 2. The van der Waals surface area contributed by atoms with Crippen LogP contribution in [-0.2, 0) is 13.5 Å². The molecule has 12 nitrogen and oxygen atoms in total. The normalized spacial score (nSPS) is 18.8. The summed E-state index contributed by atoms with van der Waals surface area (Å²) in [6, 6.07) is 3.47. The highest BCUT2D eigenvalue weighted by molar-refractivity contribution is 9.13. The number of hydrogen-bond donors (Lipinski definition) is 7. The number of anilines is 2. The third kappa shape index (κ3) is 5.14. The van der Waals surface area contributed by atoms with Gasteiger partial charge in [-0.3, -0.25) is 9.59 Å². The van der Waals surface area contributed by atoms with Crippen molar-refractivity contribution in [1.29, 1.82) is 0 Å². The summed E-state index contributed by atoms with van der Waals surface area (Å²) < 4.78 is 4.10. The van der Waals surface area contributed by atoms with Crippen LogP contribution in [0.2, 0.25) is 0 Å². The number of nitrogens with one attached hydrogen (secondary N) is 5. The van der Waals surface area contributed by atoms with E-state index in [1.54, 1.807) is 36.1 Å². The van der Waals surface area contributed by atoms with E-state index in [0.29, 0.717) is 36.8 Å².